The molecule has 0 unspecified atom stereocenters. The summed E-state index contributed by atoms with van der Waals surface area (Å²) in [6.07, 6.45) is 0. The molecule has 5 heteroatoms. The molecule has 92 valence electrons. The normalized spacial score (nSPS) is 11.3. The summed E-state index contributed by atoms with van der Waals surface area (Å²) in [6.45, 7) is 4.85. The van der Waals surface area contributed by atoms with E-state index in [2.05, 4.69) is 22.0 Å². The summed E-state index contributed by atoms with van der Waals surface area (Å²) >= 11 is 6.13. The van der Waals surface area contributed by atoms with Crippen molar-refractivity contribution in [2.45, 2.75) is 20.4 Å². The van der Waals surface area contributed by atoms with E-state index in [-0.39, 0.29) is 0 Å². The molecular formula is C13H13ClN4. The number of H-pyrrole nitrogens is 1. The summed E-state index contributed by atoms with van der Waals surface area (Å²) in [4.78, 5) is 7.84. The van der Waals surface area contributed by atoms with Crippen molar-refractivity contribution in [1.29, 1.82) is 0 Å². The van der Waals surface area contributed by atoms with E-state index in [9.17, 15) is 0 Å². The van der Waals surface area contributed by atoms with Gasteiger partial charge in [0.15, 0.2) is 5.82 Å². The Bertz CT molecular complexity index is 711. The first-order valence-electron chi connectivity index (χ1n) is 5.88. The standard InChI is InChI=1S/C13H13ClN4/c1-3-18-11(7-8(2)17-18)13-15-10-6-4-5-9(14)12(10)16-13/h4-7H,3H2,1-2H3,(H,15,16). The van der Waals surface area contributed by atoms with Crippen molar-refractivity contribution >= 4 is 22.6 Å². The highest BCUT2D eigenvalue weighted by molar-refractivity contribution is 6.34. The highest BCUT2D eigenvalue weighted by Crippen LogP contribution is 2.25. The van der Waals surface area contributed by atoms with Crippen molar-refractivity contribution < 1.29 is 0 Å². The number of para-hydroxylation sites is 1. The van der Waals surface area contributed by atoms with E-state index < -0.39 is 0 Å². The zero-order chi connectivity index (χ0) is 12.7. The van der Waals surface area contributed by atoms with Crippen molar-refractivity contribution in [2.24, 2.45) is 0 Å². The summed E-state index contributed by atoms with van der Waals surface area (Å²) < 4.78 is 1.93. The number of nitrogens with one attached hydrogen (secondary N) is 1. The van der Waals surface area contributed by atoms with Crippen LogP contribution in [-0.4, -0.2) is 19.7 Å². The van der Waals surface area contributed by atoms with Gasteiger partial charge >= 0.3 is 0 Å². The maximum atomic E-state index is 6.13. The SMILES string of the molecule is CCn1nc(C)cc1-c1nc2c(Cl)cccc2[nH]1. The Labute approximate surface area is 110 Å². The molecule has 3 rings (SSSR count). The number of aryl methyl sites for hydroxylation is 2. The van der Waals surface area contributed by atoms with Gasteiger partial charge in [-0.15, -0.1) is 0 Å². The number of halogens is 1. The fraction of sp³-hybridized carbons (Fsp3) is 0.231. The smallest absolute Gasteiger partial charge is 0.156 e. The zero-order valence-corrected chi connectivity index (χ0v) is 11.0. The van der Waals surface area contributed by atoms with Crippen molar-refractivity contribution in [1.82, 2.24) is 19.7 Å². The third-order valence-corrected chi connectivity index (χ3v) is 3.21. The molecule has 0 saturated heterocycles. The molecule has 0 radical (unpaired) electrons. The fourth-order valence-electron chi connectivity index (χ4n) is 2.10. The molecule has 0 saturated carbocycles. The second-order valence-corrected chi connectivity index (χ2v) is 4.62. The summed E-state index contributed by atoms with van der Waals surface area (Å²) in [5.41, 5.74) is 3.72. The monoisotopic (exact) mass is 260 g/mol. The lowest BCUT2D eigenvalue weighted by Crippen LogP contribution is -1.99. The minimum Gasteiger partial charge on any atom is -0.337 e. The van der Waals surface area contributed by atoms with Crippen LogP contribution in [0.15, 0.2) is 24.3 Å². The van der Waals surface area contributed by atoms with Crippen LogP contribution in [0.3, 0.4) is 0 Å². The van der Waals surface area contributed by atoms with Gasteiger partial charge in [-0.05, 0) is 32.0 Å². The number of rotatable bonds is 2. The van der Waals surface area contributed by atoms with Gasteiger partial charge in [0.05, 0.1) is 16.2 Å². The Morgan fingerprint density at radius 2 is 2.22 bits per heavy atom. The summed E-state index contributed by atoms with van der Waals surface area (Å²) in [5, 5.41) is 5.08. The first-order chi connectivity index (χ1) is 8.69. The Hall–Kier alpha value is -1.81. The summed E-state index contributed by atoms with van der Waals surface area (Å²) in [5.74, 6) is 0.806. The van der Waals surface area contributed by atoms with Gasteiger partial charge in [0, 0.05) is 6.54 Å². The van der Waals surface area contributed by atoms with Crippen LogP contribution in [0.4, 0.5) is 0 Å². The van der Waals surface area contributed by atoms with Crippen molar-refractivity contribution in [3.8, 4) is 11.5 Å². The summed E-state index contributed by atoms with van der Waals surface area (Å²) in [6, 6.07) is 7.75. The van der Waals surface area contributed by atoms with Gasteiger partial charge in [0.2, 0.25) is 0 Å². The molecule has 1 N–H and O–H groups in total. The van der Waals surface area contributed by atoms with E-state index in [4.69, 9.17) is 11.6 Å². The second-order valence-electron chi connectivity index (χ2n) is 4.21. The number of fused-ring (bicyclic) bond motifs is 1. The van der Waals surface area contributed by atoms with Crippen molar-refractivity contribution in [3.63, 3.8) is 0 Å². The molecule has 18 heavy (non-hydrogen) atoms. The number of nitrogens with zero attached hydrogens (tertiary/aromatic N) is 3. The lowest BCUT2D eigenvalue weighted by Gasteiger charge is -1.99. The molecule has 3 aromatic rings. The zero-order valence-electron chi connectivity index (χ0n) is 10.2. The molecule has 0 spiro atoms. The van der Waals surface area contributed by atoms with Crippen LogP contribution < -0.4 is 0 Å². The van der Waals surface area contributed by atoms with Gasteiger partial charge in [0.25, 0.3) is 0 Å². The van der Waals surface area contributed by atoms with E-state index >= 15 is 0 Å². The lowest BCUT2D eigenvalue weighted by molar-refractivity contribution is 0.658. The Morgan fingerprint density at radius 3 is 2.94 bits per heavy atom. The fourth-order valence-corrected chi connectivity index (χ4v) is 2.31. The molecule has 4 nitrogen and oxygen atoms in total. The Kier molecular flexibility index (Phi) is 2.59. The van der Waals surface area contributed by atoms with Crippen LogP contribution in [0.1, 0.15) is 12.6 Å². The predicted molar refractivity (Wildman–Crippen MR) is 72.7 cm³/mol. The van der Waals surface area contributed by atoms with E-state index in [1.807, 2.05) is 35.9 Å². The van der Waals surface area contributed by atoms with Gasteiger partial charge in [-0.2, -0.15) is 5.10 Å². The van der Waals surface area contributed by atoms with Crippen LogP contribution in [0.25, 0.3) is 22.6 Å². The molecule has 2 heterocycles. The van der Waals surface area contributed by atoms with E-state index in [1.54, 1.807) is 0 Å². The maximum absolute atomic E-state index is 6.13. The number of hydrogen-bond donors (Lipinski definition) is 1. The molecule has 0 fully saturated rings. The highest BCUT2D eigenvalue weighted by atomic mass is 35.5. The molecule has 0 aliphatic carbocycles. The largest absolute Gasteiger partial charge is 0.337 e. The number of aromatic nitrogens is 4. The Balaban J connectivity index is 2.22. The van der Waals surface area contributed by atoms with Gasteiger partial charge < -0.3 is 4.98 Å². The van der Waals surface area contributed by atoms with E-state index in [0.717, 1.165) is 34.8 Å². The minimum absolute atomic E-state index is 0.661. The van der Waals surface area contributed by atoms with Gasteiger partial charge in [0.1, 0.15) is 11.2 Å². The van der Waals surface area contributed by atoms with Crippen LogP contribution in [0, 0.1) is 6.92 Å². The number of hydrogen-bond acceptors (Lipinski definition) is 2. The third kappa shape index (κ3) is 1.69. The quantitative estimate of drug-likeness (QED) is 0.768. The molecule has 0 bridgehead atoms. The van der Waals surface area contributed by atoms with Crippen LogP contribution in [0.2, 0.25) is 5.02 Å². The first kappa shape index (κ1) is 11.3. The van der Waals surface area contributed by atoms with Gasteiger partial charge in [-0.1, -0.05) is 17.7 Å². The average molecular weight is 261 g/mol. The molecule has 2 aromatic heterocycles. The maximum Gasteiger partial charge on any atom is 0.156 e. The second kappa shape index (κ2) is 4.14. The van der Waals surface area contributed by atoms with Gasteiger partial charge in [-0.25, -0.2) is 4.98 Å². The van der Waals surface area contributed by atoms with Gasteiger partial charge in [-0.3, -0.25) is 4.68 Å². The highest BCUT2D eigenvalue weighted by Gasteiger charge is 2.12. The number of aromatic amines is 1. The molecule has 0 aliphatic heterocycles. The molecule has 0 aliphatic rings. The first-order valence-corrected chi connectivity index (χ1v) is 6.26. The molecule has 0 amide bonds. The Morgan fingerprint density at radius 1 is 1.39 bits per heavy atom. The summed E-state index contributed by atoms with van der Waals surface area (Å²) in [7, 11) is 0. The average Bonchev–Trinajstić information content (AvgIpc) is 2.92. The minimum atomic E-state index is 0.661. The molecule has 1 aromatic carbocycles. The molecular weight excluding hydrogens is 248 g/mol. The molecule has 0 atom stereocenters. The van der Waals surface area contributed by atoms with Crippen molar-refractivity contribution in [3.05, 3.63) is 35.0 Å². The van der Waals surface area contributed by atoms with Crippen LogP contribution >= 0.6 is 11.6 Å². The van der Waals surface area contributed by atoms with Crippen molar-refractivity contribution in [2.75, 3.05) is 0 Å². The van der Waals surface area contributed by atoms with E-state index in [1.165, 1.54) is 0 Å². The van der Waals surface area contributed by atoms with E-state index in [0.29, 0.717) is 5.02 Å². The third-order valence-electron chi connectivity index (χ3n) is 2.91. The lowest BCUT2D eigenvalue weighted by atomic mass is 10.3. The predicted octanol–water partition coefficient (Wildman–Crippen LogP) is 3.41. The topological polar surface area (TPSA) is 46.5 Å². The number of benzene rings is 1. The van der Waals surface area contributed by atoms with Crippen LogP contribution in [-0.2, 0) is 6.54 Å². The van der Waals surface area contributed by atoms with Crippen LogP contribution in [0.5, 0.6) is 0 Å². The number of imidazole rings is 1.